The first-order valence-corrected chi connectivity index (χ1v) is 6.90. The van der Waals surface area contributed by atoms with Gasteiger partial charge in [-0.3, -0.25) is 20.2 Å². The lowest BCUT2D eigenvalue weighted by Crippen LogP contribution is -2.01. The molecule has 0 spiro atoms. The summed E-state index contributed by atoms with van der Waals surface area (Å²) in [7, 11) is 0. The number of rotatable bonds is 5. The number of aromatic nitrogens is 3. The van der Waals surface area contributed by atoms with Crippen LogP contribution in [0.1, 0.15) is 5.56 Å². The molecule has 2 aromatic carbocycles. The summed E-state index contributed by atoms with van der Waals surface area (Å²) in [5.41, 5.74) is 1.20. The van der Waals surface area contributed by atoms with Gasteiger partial charge in [-0.25, -0.2) is 9.67 Å². The minimum atomic E-state index is -0.483. The second-order valence-electron chi connectivity index (χ2n) is 5.00. The first kappa shape index (κ1) is 15.3. The van der Waals surface area contributed by atoms with E-state index in [-0.39, 0.29) is 11.4 Å². The molecule has 24 heavy (non-hydrogen) atoms. The van der Waals surface area contributed by atoms with Crippen molar-refractivity contribution < 1.29 is 9.85 Å². The molecule has 0 bridgehead atoms. The molecular formula is C15H11N5O4. The highest BCUT2D eigenvalue weighted by Crippen LogP contribution is 2.21. The van der Waals surface area contributed by atoms with Crippen LogP contribution in [0.2, 0.25) is 0 Å². The molecule has 0 atom stereocenters. The highest BCUT2D eigenvalue weighted by atomic mass is 16.6. The zero-order valence-electron chi connectivity index (χ0n) is 12.3. The molecule has 9 nitrogen and oxygen atoms in total. The maximum Gasteiger partial charge on any atom is 0.270 e. The molecule has 0 saturated heterocycles. The van der Waals surface area contributed by atoms with Crippen LogP contribution in [-0.2, 0) is 6.54 Å². The van der Waals surface area contributed by atoms with E-state index in [2.05, 4.69) is 10.1 Å². The third-order valence-electron chi connectivity index (χ3n) is 3.32. The Balaban J connectivity index is 1.83. The number of benzene rings is 2. The molecule has 0 aliphatic rings. The van der Waals surface area contributed by atoms with Gasteiger partial charge in [-0.2, -0.15) is 5.10 Å². The van der Waals surface area contributed by atoms with E-state index < -0.39 is 9.85 Å². The zero-order valence-corrected chi connectivity index (χ0v) is 12.3. The van der Waals surface area contributed by atoms with Crippen LogP contribution in [-0.4, -0.2) is 24.6 Å². The Labute approximate surface area is 135 Å². The fourth-order valence-corrected chi connectivity index (χ4v) is 2.22. The van der Waals surface area contributed by atoms with Gasteiger partial charge in [-0.15, -0.1) is 0 Å². The molecule has 0 unspecified atom stereocenters. The van der Waals surface area contributed by atoms with Crippen LogP contribution >= 0.6 is 0 Å². The van der Waals surface area contributed by atoms with Crippen molar-refractivity contribution in [3.05, 3.63) is 80.7 Å². The monoisotopic (exact) mass is 325 g/mol. The van der Waals surface area contributed by atoms with Gasteiger partial charge in [0.25, 0.3) is 11.4 Å². The molecule has 120 valence electrons. The average molecular weight is 325 g/mol. The molecule has 0 amide bonds. The van der Waals surface area contributed by atoms with Crippen LogP contribution in [0, 0.1) is 20.2 Å². The Kier molecular flexibility index (Phi) is 3.98. The Morgan fingerprint density at radius 3 is 2.33 bits per heavy atom. The second kappa shape index (κ2) is 6.24. The Morgan fingerprint density at radius 1 is 0.958 bits per heavy atom. The van der Waals surface area contributed by atoms with E-state index in [1.807, 2.05) is 0 Å². The van der Waals surface area contributed by atoms with Gasteiger partial charge >= 0.3 is 0 Å². The molecule has 1 heterocycles. The van der Waals surface area contributed by atoms with E-state index >= 15 is 0 Å². The first-order chi connectivity index (χ1) is 11.5. The molecule has 3 rings (SSSR count). The third kappa shape index (κ3) is 3.24. The van der Waals surface area contributed by atoms with Crippen LogP contribution in [0.25, 0.3) is 11.4 Å². The average Bonchev–Trinajstić information content (AvgIpc) is 3.03. The van der Waals surface area contributed by atoms with Crippen LogP contribution in [0.3, 0.4) is 0 Å². The fourth-order valence-electron chi connectivity index (χ4n) is 2.22. The van der Waals surface area contributed by atoms with Crippen molar-refractivity contribution >= 4 is 11.4 Å². The summed E-state index contributed by atoms with van der Waals surface area (Å²) in [6, 6.07) is 12.3. The Hall–Kier alpha value is -3.62. The smallest absolute Gasteiger partial charge is 0.258 e. The van der Waals surface area contributed by atoms with Gasteiger partial charge in [0.2, 0.25) is 0 Å². The molecule has 0 N–H and O–H groups in total. The maximum absolute atomic E-state index is 10.8. The number of hydrogen-bond acceptors (Lipinski definition) is 6. The SMILES string of the molecule is O=[N+]([O-])c1cccc(Cn2cnc(-c3cccc([N+](=O)[O-])c3)n2)c1. The van der Waals surface area contributed by atoms with Crippen LogP contribution in [0.5, 0.6) is 0 Å². The topological polar surface area (TPSA) is 117 Å². The fraction of sp³-hybridized carbons (Fsp3) is 0.0667. The minimum Gasteiger partial charge on any atom is -0.258 e. The van der Waals surface area contributed by atoms with E-state index in [9.17, 15) is 20.2 Å². The normalized spacial score (nSPS) is 10.5. The van der Waals surface area contributed by atoms with E-state index in [1.54, 1.807) is 24.3 Å². The zero-order chi connectivity index (χ0) is 17.1. The standard InChI is InChI=1S/C15H11N5O4/c21-19(22)13-5-1-3-11(7-13)9-18-10-16-15(17-18)12-4-2-6-14(8-12)20(23)24/h1-8,10H,9H2. The quantitative estimate of drug-likeness (QED) is 0.526. The third-order valence-corrected chi connectivity index (χ3v) is 3.32. The molecule has 0 aliphatic carbocycles. The van der Waals surface area contributed by atoms with Crippen molar-refractivity contribution in [1.82, 2.24) is 14.8 Å². The molecule has 0 fully saturated rings. The summed E-state index contributed by atoms with van der Waals surface area (Å²) in [5.74, 6) is 0.351. The Morgan fingerprint density at radius 2 is 1.62 bits per heavy atom. The molecular weight excluding hydrogens is 314 g/mol. The second-order valence-corrected chi connectivity index (χ2v) is 5.00. The highest BCUT2D eigenvalue weighted by molar-refractivity contribution is 5.58. The molecule has 0 aliphatic heterocycles. The number of non-ortho nitro benzene ring substituents is 2. The lowest BCUT2D eigenvalue weighted by Gasteiger charge is -2.01. The van der Waals surface area contributed by atoms with Gasteiger partial charge in [0.05, 0.1) is 16.4 Å². The van der Waals surface area contributed by atoms with Gasteiger partial charge in [-0.05, 0) is 5.56 Å². The van der Waals surface area contributed by atoms with Gasteiger partial charge in [0.1, 0.15) is 6.33 Å². The summed E-state index contributed by atoms with van der Waals surface area (Å²) in [6.45, 7) is 0.309. The highest BCUT2D eigenvalue weighted by Gasteiger charge is 2.11. The summed E-state index contributed by atoms with van der Waals surface area (Å²) in [5, 5.41) is 25.9. The van der Waals surface area contributed by atoms with Crippen LogP contribution < -0.4 is 0 Å². The van der Waals surface area contributed by atoms with Crippen molar-refractivity contribution in [3.8, 4) is 11.4 Å². The van der Waals surface area contributed by atoms with E-state index in [4.69, 9.17) is 0 Å². The summed E-state index contributed by atoms with van der Waals surface area (Å²) in [6.07, 6.45) is 1.48. The number of nitro groups is 2. The van der Waals surface area contributed by atoms with Crippen molar-refractivity contribution in [2.24, 2.45) is 0 Å². The first-order valence-electron chi connectivity index (χ1n) is 6.90. The number of hydrogen-bond donors (Lipinski definition) is 0. The van der Waals surface area contributed by atoms with Crippen LogP contribution in [0.4, 0.5) is 11.4 Å². The van der Waals surface area contributed by atoms with Crippen molar-refractivity contribution in [1.29, 1.82) is 0 Å². The van der Waals surface area contributed by atoms with Crippen LogP contribution in [0.15, 0.2) is 54.9 Å². The number of nitrogens with zero attached hydrogens (tertiary/aromatic N) is 5. The summed E-state index contributed by atoms with van der Waals surface area (Å²) >= 11 is 0. The van der Waals surface area contributed by atoms with E-state index in [0.29, 0.717) is 23.5 Å². The summed E-state index contributed by atoms with van der Waals surface area (Å²) in [4.78, 5) is 24.8. The molecule has 9 heteroatoms. The molecule has 0 saturated carbocycles. The van der Waals surface area contributed by atoms with E-state index in [1.165, 1.54) is 35.3 Å². The minimum absolute atomic E-state index is 0.00604. The lowest BCUT2D eigenvalue weighted by atomic mass is 10.2. The Bertz CT molecular complexity index is 921. The van der Waals surface area contributed by atoms with Gasteiger partial charge in [-0.1, -0.05) is 24.3 Å². The van der Waals surface area contributed by atoms with Gasteiger partial charge in [0.15, 0.2) is 5.82 Å². The summed E-state index contributed by atoms with van der Waals surface area (Å²) < 4.78 is 1.52. The molecule has 1 aromatic heterocycles. The molecule has 0 radical (unpaired) electrons. The predicted octanol–water partition coefficient (Wildman–Crippen LogP) is 2.81. The van der Waals surface area contributed by atoms with Gasteiger partial charge < -0.3 is 0 Å². The largest absolute Gasteiger partial charge is 0.270 e. The van der Waals surface area contributed by atoms with E-state index in [0.717, 1.165) is 0 Å². The molecule has 3 aromatic rings. The predicted molar refractivity (Wildman–Crippen MR) is 84.3 cm³/mol. The van der Waals surface area contributed by atoms with Crippen molar-refractivity contribution in [2.45, 2.75) is 6.54 Å². The van der Waals surface area contributed by atoms with Crippen molar-refractivity contribution in [3.63, 3.8) is 0 Å². The van der Waals surface area contributed by atoms with Gasteiger partial charge in [0, 0.05) is 29.8 Å². The lowest BCUT2D eigenvalue weighted by molar-refractivity contribution is -0.385. The van der Waals surface area contributed by atoms with Crippen molar-refractivity contribution in [2.75, 3.05) is 0 Å². The maximum atomic E-state index is 10.8. The number of nitro benzene ring substituents is 2.